The van der Waals surface area contributed by atoms with Crippen LogP contribution in [0.5, 0.6) is 0 Å². The third-order valence-corrected chi connectivity index (χ3v) is 4.55. The number of rotatable bonds is 5. The summed E-state index contributed by atoms with van der Waals surface area (Å²) in [5.41, 5.74) is 4.82. The minimum Gasteiger partial charge on any atom is -0.372 e. The summed E-state index contributed by atoms with van der Waals surface area (Å²) >= 11 is 0. The van der Waals surface area contributed by atoms with Crippen LogP contribution in [-0.4, -0.2) is 32.2 Å². The zero-order valence-corrected chi connectivity index (χ0v) is 13.8. The van der Waals surface area contributed by atoms with Gasteiger partial charge >= 0.3 is 0 Å². The van der Waals surface area contributed by atoms with E-state index in [1.807, 2.05) is 29.7 Å². The number of hydrogen-bond donors (Lipinski definition) is 1. The van der Waals surface area contributed by atoms with Crippen LogP contribution in [0.4, 0.5) is 0 Å². The lowest BCUT2D eigenvalue weighted by Gasteiger charge is -2.19. The zero-order chi connectivity index (χ0) is 15.7. The number of nitrogens with one attached hydrogen (secondary N) is 1. The van der Waals surface area contributed by atoms with Crippen molar-refractivity contribution >= 4 is 0 Å². The molecule has 0 radical (unpaired) electrons. The van der Waals surface area contributed by atoms with Crippen LogP contribution < -0.4 is 5.32 Å². The fraction of sp³-hybridized carbons (Fsp3) is 0.625. The Morgan fingerprint density at radius 2 is 2.23 bits per heavy atom. The first-order valence-electron chi connectivity index (χ1n) is 7.95. The summed E-state index contributed by atoms with van der Waals surface area (Å²) in [6, 6.07) is 0.327. The molecule has 2 aromatic heterocycles. The first-order valence-corrected chi connectivity index (χ1v) is 7.95. The second-order valence-electron chi connectivity index (χ2n) is 6.00. The van der Waals surface area contributed by atoms with Crippen LogP contribution in [0.2, 0.25) is 0 Å². The summed E-state index contributed by atoms with van der Waals surface area (Å²) in [6.45, 7) is 5.87. The molecule has 0 amide bonds. The Hall–Kier alpha value is -1.66. The van der Waals surface area contributed by atoms with Crippen LogP contribution in [0.3, 0.4) is 0 Å². The van der Waals surface area contributed by atoms with Gasteiger partial charge in [-0.05, 0) is 19.8 Å². The summed E-state index contributed by atoms with van der Waals surface area (Å²) in [4.78, 5) is 0. The van der Waals surface area contributed by atoms with Gasteiger partial charge in [0.25, 0.3) is 0 Å². The molecule has 0 saturated carbocycles. The van der Waals surface area contributed by atoms with Gasteiger partial charge in [-0.15, -0.1) is 0 Å². The summed E-state index contributed by atoms with van der Waals surface area (Å²) in [6.07, 6.45) is 6.12. The maximum atomic E-state index is 5.96. The van der Waals surface area contributed by atoms with Crippen molar-refractivity contribution in [2.24, 2.45) is 14.1 Å². The molecule has 1 fully saturated rings. The quantitative estimate of drug-likeness (QED) is 0.912. The van der Waals surface area contributed by atoms with E-state index in [0.29, 0.717) is 6.04 Å². The number of ether oxygens (including phenoxy) is 1. The first-order chi connectivity index (χ1) is 10.6. The van der Waals surface area contributed by atoms with Crippen LogP contribution in [0.15, 0.2) is 12.4 Å². The molecule has 0 aliphatic carbocycles. The Bertz CT molecular complexity index is 645. The number of hydrogen-bond acceptors (Lipinski definition) is 4. The summed E-state index contributed by atoms with van der Waals surface area (Å²) in [5.74, 6) is 0. The number of aromatic nitrogens is 4. The Morgan fingerprint density at radius 3 is 2.91 bits per heavy atom. The highest BCUT2D eigenvalue weighted by atomic mass is 16.5. The van der Waals surface area contributed by atoms with Gasteiger partial charge in [0.1, 0.15) is 6.10 Å². The van der Waals surface area contributed by atoms with E-state index in [0.717, 1.165) is 26.0 Å². The maximum absolute atomic E-state index is 5.96. The van der Waals surface area contributed by atoms with Crippen LogP contribution in [0.1, 0.15) is 42.0 Å². The van der Waals surface area contributed by atoms with Crippen molar-refractivity contribution in [2.45, 2.75) is 45.4 Å². The third-order valence-electron chi connectivity index (χ3n) is 4.55. The molecular weight excluding hydrogens is 278 g/mol. The molecule has 2 aromatic rings. The summed E-state index contributed by atoms with van der Waals surface area (Å²) in [7, 11) is 3.95. The van der Waals surface area contributed by atoms with Gasteiger partial charge in [0.05, 0.1) is 11.9 Å². The van der Waals surface area contributed by atoms with Crippen LogP contribution in [-0.2, 0) is 31.8 Å². The largest absolute Gasteiger partial charge is 0.372 e. The fourth-order valence-electron chi connectivity index (χ4n) is 3.17. The molecule has 6 heteroatoms. The summed E-state index contributed by atoms with van der Waals surface area (Å²) in [5, 5.41) is 12.5. The molecule has 0 spiro atoms. The highest BCUT2D eigenvalue weighted by molar-refractivity contribution is 5.22. The van der Waals surface area contributed by atoms with Crippen molar-refractivity contribution in [3.63, 3.8) is 0 Å². The van der Waals surface area contributed by atoms with E-state index in [4.69, 9.17) is 4.74 Å². The smallest absolute Gasteiger partial charge is 0.101 e. The van der Waals surface area contributed by atoms with E-state index >= 15 is 0 Å². The molecule has 1 saturated heterocycles. The van der Waals surface area contributed by atoms with Crippen LogP contribution in [0, 0.1) is 6.92 Å². The van der Waals surface area contributed by atoms with E-state index < -0.39 is 0 Å². The molecule has 22 heavy (non-hydrogen) atoms. The molecule has 1 N–H and O–H groups in total. The van der Waals surface area contributed by atoms with Gasteiger partial charge in [-0.3, -0.25) is 9.36 Å². The normalized spacial score (nSPS) is 21.6. The van der Waals surface area contributed by atoms with E-state index in [1.165, 1.54) is 22.5 Å². The van der Waals surface area contributed by atoms with Crippen molar-refractivity contribution in [1.29, 1.82) is 0 Å². The lowest BCUT2D eigenvalue weighted by atomic mass is 10.0. The molecule has 1 aliphatic rings. The Morgan fingerprint density at radius 1 is 1.41 bits per heavy atom. The lowest BCUT2D eigenvalue weighted by Crippen LogP contribution is -2.31. The second-order valence-corrected chi connectivity index (χ2v) is 6.00. The Labute approximate surface area is 131 Å². The van der Waals surface area contributed by atoms with Crippen LogP contribution in [0.25, 0.3) is 0 Å². The molecule has 0 bridgehead atoms. The van der Waals surface area contributed by atoms with Gasteiger partial charge in [-0.1, -0.05) is 6.92 Å². The maximum Gasteiger partial charge on any atom is 0.101 e. The van der Waals surface area contributed by atoms with Crippen molar-refractivity contribution in [3.05, 3.63) is 34.9 Å². The summed E-state index contributed by atoms with van der Waals surface area (Å²) < 4.78 is 9.76. The molecule has 3 heterocycles. The number of nitrogens with zero attached hydrogens (tertiary/aromatic N) is 4. The highest BCUT2D eigenvalue weighted by Crippen LogP contribution is 2.31. The molecule has 0 unspecified atom stereocenters. The first kappa shape index (κ1) is 15.2. The second kappa shape index (κ2) is 6.22. The molecular formula is C16H25N5O. The molecule has 6 nitrogen and oxygen atoms in total. The standard InChI is InChI=1S/C16H25N5O/c1-5-14-12(10-20(3)19-14)8-17-15-6-7-22-16(15)13-9-18-21(4)11(13)2/h9-10,15-17H,5-8H2,1-4H3/t15-,16+/m0/s1. The van der Waals surface area contributed by atoms with E-state index in [9.17, 15) is 0 Å². The predicted octanol–water partition coefficient (Wildman–Crippen LogP) is 1.64. The molecule has 1 aliphatic heterocycles. The van der Waals surface area contributed by atoms with Gasteiger partial charge in [-0.2, -0.15) is 10.2 Å². The Balaban J connectivity index is 1.70. The van der Waals surface area contributed by atoms with Crippen LogP contribution >= 0.6 is 0 Å². The third kappa shape index (κ3) is 2.80. The molecule has 3 rings (SSSR count). The van der Waals surface area contributed by atoms with Gasteiger partial charge < -0.3 is 10.1 Å². The van der Waals surface area contributed by atoms with Crippen molar-refractivity contribution in [1.82, 2.24) is 24.9 Å². The van der Waals surface area contributed by atoms with Gasteiger partial charge in [0.2, 0.25) is 0 Å². The fourth-order valence-corrected chi connectivity index (χ4v) is 3.17. The van der Waals surface area contributed by atoms with E-state index in [1.54, 1.807) is 0 Å². The average Bonchev–Trinajstić information content (AvgIpc) is 3.18. The van der Waals surface area contributed by atoms with Crippen molar-refractivity contribution in [3.8, 4) is 0 Å². The van der Waals surface area contributed by atoms with Gasteiger partial charge in [0.15, 0.2) is 0 Å². The number of aryl methyl sites for hydroxylation is 3. The lowest BCUT2D eigenvalue weighted by molar-refractivity contribution is 0.0979. The highest BCUT2D eigenvalue weighted by Gasteiger charge is 2.31. The van der Waals surface area contributed by atoms with E-state index in [2.05, 4.69) is 35.6 Å². The molecule has 120 valence electrons. The molecule has 0 aromatic carbocycles. The van der Waals surface area contributed by atoms with Crippen molar-refractivity contribution in [2.75, 3.05) is 6.61 Å². The van der Waals surface area contributed by atoms with Crippen molar-refractivity contribution < 1.29 is 4.74 Å². The molecule has 2 atom stereocenters. The van der Waals surface area contributed by atoms with E-state index in [-0.39, 0.29) is 6.10 Å². The Kier molecular flexibility index (Phi) is 4.31. The topological polar surface area (TPSA) is 56.9 Å². The zero-order valence-electron chi connectivity index (χ0n) is 13.8. The monoisotopic (exact) mass is 303 g/mol. The van der Waals surface area contributed by atoms with Gasteiger partial charge in [0, 0.05) is 56.3 Å². The predicted molar refractivity (Wildman–Crippen MR) is 84.5 cm³/mol. The minimum absolute atomic E-state index is 0.0930. The average molecular weight is 303 g/mol. The SMILES string of the molecule is CCc1nn(C)cc1CN[C@H]1CCO[C@@H]1c1cnn(C)c1C. The van der Waals surface area contributed by atoms with Gasteiger partial charge in [-0.25, -0.2) is 0 Å². The minimum atomic E-state index is 0.0930.